The van der Waals surface area contributed by atoms with Crippen molar-refractivity contribution in [3.63, 3.8) is 0 Å². The molecule has 0 unspecified atom stereocenters. The highest BCUT2D eigenvalue weighted by Crippen LogP contribution is 2.33. The summed E-state index contributed by atoms with van der Waals surface area (Å²) in [5.41, 5.74) is 3.13. The summed E-state index contributed by atoms with van der Waals surface area (Å²) < 4.78 is 1.65. The van der Waals surface area contributed by atoms with E-state index in [4.69, 9.17) is 0 Å². The molecule has 20 heavy (non-hydrogen) atoms. The van der Waals surface area contributed by atoms with Crippen LogP contribution < -0.4 is 0 Å². The molecule has 1 fully saturated rings. The van der Waals surface area contributed by atoms with Gasteiger partial charge in [0.05, 0.1) is 6.04 Å². The van der Waals surface area contributed by atoms with Crippen molar-refractivity contribution in [1.82, 2.24) is 14.7 Å². The Morgan fingerprint density at radius 1 is 1.25 bits per heavy atom. The van der Waals surface area contributed by atoms with Gasteiger partial charge in [-0.3, -0.25) is 9.48 Å². The number of benzene rings is 1. The molecule has 0 N–H and O–H groups in total. The zero-order chi connectivity index (χ0) is 14.1. The number of aromatic nitrogens is 2. The highest BCUT2D eigenvalue weighted by molar-refractivity contribution is 5.93. The molecule has 1 aliphatic heterocycles. The van der Waals surface area contributed by atoms with E-state index in [2.05, 4.69) is 36.3 Å². The highest BCUT2D eigenvalue weighted by Gasteiger charge is 2.31. The summed E-state index contributed by atoms with van der Waals surface area (Å²) in [4.78, 5) is 14.6. The average Bonchev–Trinajstić information content (AvgIpc) is 3.07. The van der Waals surface area contributed by atoms with Gasteiger partial charge in [0.15, 0.2) is 0 Å². The molecule has 3 rings (SSSR count). The minimum absolute atomic E-state index is 0.0769. The third kappa shape index (κ3) is 2.22. The van der Waals surface area contributed by atoms with Crippen LogP contribution in [0.4, 0.5) is 0 Å². The molecule has 4 nitrogen and oxygen atoms in total. The number of likely N-dealkylation sites (tertiary alicyclic amines) is 1. The smallest absolute Gasteiger partial charge is 0.272 e. The second kappa shape index (κ2) is 5.12. The summed E-state index contributed by atoms with van der Waals surface area (Å²) in [6.45, 7) is 2.90. The lowest BCUT2D eigenvalue weighted by Gasteiger charge is -2.25. The van der Waals surface area contributed by atoms with Crippen molar-refractivity contribution >= 4 is 5.91 Å². The predicted octanol–water partition coefficient (Wildman–Crippen LogP) is 2.71. The number of rotatable bonds is 2. The number of carbonyl (C=O) groups is 1. The van der Waals surface area contributed by atoms with Gasteiger partial charge in [0, 0.05) is 19.8 Å². The molecule has 0 aliphatic carbocycles. The highest BCUT2D eigenvalue weighted by atomic mass is 16.2. The number of amides is 1. The van der Waals surface area contributed by atoms with Crippen LogP contribution in [-0.2, 0) is 7.05 Å². The Morgan fingerprint density at radius 2 is 2.00 bits per heavy atom. The van der Waals surface area contributed by atoms with Gasteiger partial charge in [-0.1, -0.05) is 29.8 Å². The fraction of sp³-hybridized carbons (Fsp3) is 0.375. The molecular weight excluding hydrogens is 250 g/mol. The van der Waals surface area contributed by atoms with Crippen molar-refractivity contribution in [2.45, 2.75) is 25.8 Å². The molecule has 1 amide bonds. The summed E-state index contributed by atoms with van der Waals surface area (Å²) >= 11 is 0. The molecular formula is C16H19N3O. The first-order valence-corrected chi connectivity index (χ1v) is 7.02. The largest absolute Gasteiger partial charge is 0.330 e. The lowest BCUT2D eigenvalue weighted by Crippen LogP contribution is -2.32. The van der Waals surface area contributed by atoms with Gasteiger partial charge in [-0.2, -0.15) is 5.10 Å². The number of carbonyl (C=O) groups excluding carboxylic acids is 1. The molecule has 0 saturated carbocycles. The summed E-state index contributed by atoms with van der Waals surface area (Å²) in [6.07, 6.45) is 3.76. The average molecular weight is 269 g/mol. The second-order valence-corrected chi connectivity index (χ2v) is 5.41. The van der Waals surface area contributed by atoms with E-state index in [0.717, 1.165) is 19.4 Å². The first-order chi connectivity index (χ1) is 9.66. The molecule has 104 valence electrons. The van der Waals surface area contributed by atoms with E-state index < -0.39 is 0 Å². The first kappa shape index (κ1) is 12.9. The minimum atomic E-state index is 0.0769. The standard InChI is InChI=1S/C16H19N3O/c1-12-5-7-13(8-6-12)14-4-3-11-19(14)16(20)15-9-10-17-18(15)2/h5-10,14H,3-4,11H2,1-2H3/t14-/m0/s1. The third-order valence-electron chi connectivity index (χ3n) is 4.02. The fourth-order valence-electron chi connectivity index (χ4n) is 2.88. The molecule has 1 aromatic carbocycles. The summed E-state index contributed by atoms with van der Waals surface area (Å²) in [7, 11) is 1.81. The van der Waals surface area contributed by atoms with E-state index in [1.165, 1.54) is 11.1 Å². The van der Waals surface area contributed by atoms with Crippen LogP contribution in [0.5, 0.6) is 0 Å². The van der Waals surface area contributed by atoms with Crippen molar-refractivity contribution in [1.29, 1.82) is 0 Å². The summed E-state index contributed by atoms with van der Waals surface area (Å²) in [5.74, 6) is 0.0769. The van der Waals surface area contributed by atoms with Gasteiger partial charge in [0.1, 0.15) is 5.69 Å². The van der Waals surface area contributed by atoms with Crippen molar-refractivity contribution in [2.75, 3.05) is 6.54 Å². The number of hydrogen-bond acceptors (Lipinski definition) is 2. The Morgan fingerprint density at radius 3 is 2.65 bits per heavy atom. The van der Waals surface area contributed by atoms with E-state index in [9.17, 15) is 4.79 Å². The van der Waals surface area contributed by atoms with Crippen LogP contribution in [0.1, 0.15) is 40.5 Å². The van der Waals surface area contributed by atoms with Crippen LogP contribution in [0, 0.1) is 6.92 Å². The molecule has 1 saturated heterocycles. The van der Waals surface area contributed by atoms with Crippen LogP contribution in [0.15, 0.2) is 36.5 Å². The lowest BCUT2D eigenvalue weighted by molar-refractivity contribution is 0.0724. The van der Waals surface area contributed by atoms with Crippen LogP contribution in [0.2, 0.25) is 0 Å². The van der Waals surface area contributed by atoms with E-state index >= 15 is 0 Å². The molecule has 2 heterocycles. The Hall–Kier alpha value is -2.10. The van der Waals surface area contributed by atoms with E-state index in [-0.39, 0.29) is 11.9 Å². The number of nitrogens with zero attached hydrogens (tertiary/aromatic N) is 3. The van der Waals surface area contributed by atoms with Gasteiger partial charge in [0.25, 0.3) is 5.91 Å². The second-order valence-electron chi connectivity index (χ2n) is 5.41. The van der Waals surface area contributed by atoms with E-state index in [1.54, 1.807) is 16.9 Å². The molecule has 2 aromatic rings. The zero-order valence-corrected chi connectivity index (χ0v) is 11.9. The molecule has 4 heteroatoms. The van der Waals surface area contributed by atoms with Gasteiger partial charge in [0.2, 0.25) is 0 Å². The normalized spacial score (nSPS) is 18.5. The lowest BCUT2D eigenvalue weighted by atomic mass is 10.0. The number of hydrogen-bond donors (Lipinski definition) is 0. The maximum Gasteiger partial charge on any atom is 0.272 e. The van der Waals surface area contributed by atoms with Crippen LogP contribution in [-0.4, -0.2) is 27.1 Å². The Bertz CT molecular complexity index is 615. The van der Waals surface area contributed by atoms with Crippen LogP contribution in [0.3, 0.4) is 0 Å². The van der Waals surface area contributed by atoms with Crippen molar-refractivity contribution < 1.29 is 4.79 Å². The summed E-state index contributed by atoms with van der Waals surface area (Å²) in [6, 6.07) is 10.5. The molecule has 1 aromatic heterocycles. The quantitative estimate of drug-likeness (QED) is 0.840. The molecule has 0 bridgehead atoms. The molecule has 1 aliphatic rings. The van der Waals surface area contributed by atoms with Crippen LogP contribution in [0.25, 0.3) is 0 Å². The Labute approximate surface area is 119 Å². The van der Waals surface area contributed by atoms with Crippen molar-refractivity contribution in [2.24, 2.45) is 7.05 Å². The topological polar surface area (TPSA) is 38.1 Å². The maximum absolute atomic E-state index is 12.6. The molecule has 1 atom stereocenters. The Kier molecular flexibility index (Phi) is 3.30. The molecule has 0 spiro atoms. The maximum atomic E-state index is 12.6. The molecule has 0 radical (unpaired) electrons. The van der Waals surface area contributed by atoms with Crippen molar-refractivity contribution in [3.8, 4) is 0 Å². The monoisotopic (exact) mass is 269 g/mol. The van der Waals surface area contributed by atoms with E-state index in [0.29, 0.717) is 5.69 Å². The van der Waals surface area contributed by atoms with Gasteiger partial charge < -0.3 is 4.90 Å². The van der Waals surface area contributed by atoms with Crippen LogP contribution >= 0.6 is 0 Å². The fourth-order valence-corrected chi connectivity index (χ4v) is 2.88. The predicted molar refractivity (Wildman–Crippen MR) is 77.4 cm³/mol. The first-order valence-electron chi connectivity index (χ1n) is 7.02. The Balaban J connectivity index is 1.87. The van der Waals surface area contributed by atoms with Gasteiger partial charge >= 0.3 is 0 Å². The van der Waals surface area contributed by atoms with Gasteiger partial charge in [-0.05, 0) is 31.4 Å². The summed E-state index contributed by atoms with van der Waals surface area (Å²) in [5, 5.41) is 4.09. The minimum Gasteiger partial charge on any atom is -0.330 e. The SMILES string of the molecule is Cc1ccc([C@@H]2CCCN2C(=O)c2ccnn2C)cc1. The third-order valence-corrected chi connectivity index (χ3v) is 4.02. The zero-order valence-electron chi connectivity index (χ0n) is 11.9. The van der Waals surface area contributed by atoms with Gasteiger partial charge in [-0.25, -0.2) is 0 Å². The number of aryl methyl sites for hydroxylation is 2. The van der Waals surface area contributed by atoms with E-state index in [1.807, 2.05) is 11.9 Å². The van der Waals surface area contributed by atoms with Crippen molar-refractivity contribution in [3.05, 3.63) is 53.3 Å². The van der Waals surface area contributed by atoms with Gasteiger partial charge in [-0.15, -0.1) is 0 Å².